The van der Waals surface area contributed by atoms with Gasteiger partial charge in [0.2, 0.25) is 5.91 Å². The van der Waals surface area contributed by atoms with Crippen molar-refractivity contribution in [3.8, 4) is 0 Å². The lowest BCUT2D eigenvalue weighted by Crippen LogP contribution is -2.41. The second kappa shape index (κ2) is 9.34. The number of aryl methyl sites for hydroxylation is 1. The molecule has 0 N–H and O–H groups in total. The quantitative estimate of drug-likeness (QED) is 0.775. The Labute approximate surface area is 177 Å². The maximum absolute atomic E-state index is 12.8. The van der Waals surface area contributed by atoms with Gasteiger partial charge in [-0.15, -0.1) is 0 Å². The van der Waals surface area contributed by atoms with Crippen molar-refractivity contribution >= 4 is 11.8 Å². The van der Waals surface area contributed by atoms with Gasteiger partial charge in [-0.3, -0.25) is 9.59 Å². The van der Waals surface area contributed by atoms with Crippen LogP contribution < -0.4 is 0 Å². The van der Waals surface area contributed by atoms with Crippen molar-refractivity contribution in [3.63, 3.8) is 0 Å². The van der Waals surface area contributed by atoms with Crippen molar-refractivity contribution in [2.24, 2.45) is 0 Å². The summed E-state index contributed by atoms with van der Waals surface area (Å²) in [5.41, 5.74) is 2.28. The van der Waals surface area contributed by atoms with Gasteiger partial charge in [-0.1, -0.05) is 30.3 Å². The average molecular weight is 409 g/mol. The molecule has 4 rings (SSSR count). The summed E-state index contributed by atoms with van der Waals surface area (Å²) in [6, 6.07) is 9.83. The highest BCUT2D eigenvalue weighted by molar-refractivity contribution is 5.95. The molecule has 2 amide bonds. The zero-order valence-corrected chi connectivity index (χ0v) is 17.4. The van der Waals surface area contributed by atoms with Crippen LogP contribution in [-0.2, 0) is 16.0 Å². The monoisotopic (exact) mass is 408 g/mol. The summed E-state index contributed by atoms with van der Waals surface area (Å²) < 4.78 is 5.32. The second-order valence-corrected chi connectivity index (χ2v) is 7.97. The van der Waals surface area contributed by atoms with E-state index in [-0.39, 0.29) is 17.7 Å². The van der Waals surface area contributed by atoms with Crippen LogP contribution in [0.15, 0.2) is 36.5 Å². The van der Waals surface area contributed by atoms with Gasteiger partial charge in [-0.2, -0.15) is 0 Å². The van der Waals surface area contributed by atoms with E-state index < -0.39 is 0 Å². The molecule has 1 aromatic carbocycles. The van der Waals surface area contributed by atoms with Gasteiger partial charge in [0.05, 0.1) is 30.9 Å². The average Bonchev–Trinajstić information content (AvgIpc) is 2.80. The van der Waals surface area contributed by atoms with Crippen LogP contribution in [0.4, 0.5) is 0 Å². The Morgan fingerprint density at radius 3 is 2.60 bits per heavy atom. The number of benzene rings is 1. The van der Waals surface area contributed by atoms with Gasteiger partial charge in [0, 0.05) is 38.3 Å². The molecule has 3 heterocycles. The number of piperidine rings is 1. The third-order valence-corrected chi connectivity index (χ3v) is 5.86. The Kier molecular flexibility index (Phi) is 6.38. The van der Waals surface area contributed by atoms with Gasteiger partial charge in [0.15, 0.2) is 0 Å². The van der Waals surface area contributed by atoms with E-state index in [0.717, 1.165) is 30.8 Å². The topological polar surface area (TPSA) is 75.6 Å². The van der Waals surface area contributed by atoms with E-state index in [2.05, 4.69) is 9.97 Å². The predicted octanol–water partition coefficient (Wildman–Crippen LogP) is 2.21. The molecular weight excluding hydrogens is 380 g/mol. The fraction of sp³-hybridized carbons (Fsp3) is 0.478. The summed E-state index contributed by atoms with van der Waals surface area (Å²) in [6.45, 7) is 5.59. The van der Waals surface area contributed by atoms with Crippen LogP contribution in [0, 0.1) is 6.92 Å². The van der Waals surface area contributed by atoms with Crippen molar-refractivity contribution in [3.05, 3.63) is 59.2 Å². The fourth-order valence-electron chi connectivity index (χ4n) is 4.13. The molecule has 1 aromatic heterocycles. The Hall–Kier alpha value is -2.80. The van der Waals surface area contributed by atoms with Gasteiger partial charge >= 0.3 is 0 Å². The van der Waals surface area contributed by atoms with E-state index in [9.17, 15) is 9.59 Å². The third kappa shape index (κ3) is 4.67. The van der Waals surface area contributed by atoms with E-state index in [1.807, 2.05) is 42.2 Å². The molecule has 0 bridgehead atoms. The van der Waals surface area contributed by atoms with Crippen LogP contribution >= 0.6 is 0 Å². The fourth-order valence-corrected chi connectivity index (χ4v) is 4.13. The number of ether oxygens (including phenoxy) is 1. The highest BCUT2D eigenvalue weighted by Crippen LogP contribution is 2.25. The SMILES string of the molecule is Cc1nc([C@H]2CCCN(C(=O)Cc3ccccc3)C2)ncc1C(=O)N1CCOCC1. The normalized spacial score (nSPS) is 19.6. The van der Waals surface area contributed by atoms with Crippen LogP contribution in [0.1, 0.15) is 46.2 Å². The standard InChI is InChI=1S/C23H28N4O3/c1-17-20(23(29)26-10-12-30-13-11-26)15-24-22(25-17)19-8-5-9-27(16-19)21(28)14-18-6-3-2-4-7-18/h2-4,6-7,15,19H,5,8-14,16H2,1H3/t19-/m0/s1. The minimum Gasteiger partial charge on any atom is -0.378 e. The number of nitrogens with zero attached hydrogens (tertiary/aromatic N) is 4. The van der Waals surface area contributed by atoms with Crippen LogP contribution in [-0.4, -0.2) is 71.0 Å². The first-order valence-electron chi connectivity index (χ1n) is 10.6. The highest BCUT2D eigenvalue weighted by Gasteiger charge is 2.28. The number of hydrogen-bond donors (Lipinski definition) is 0. The molecule has 2 saturated heterocycles. The zero-order chi connectivity index (χ0) is 20.9. The molecule has 0 aliphatic carbocycles. The minimum absolute atomic E-state index is 0.0364. The molecule has 0 saturated carbocycles. The molecule has 1 atom stereocenters. The largest absolute Gasteiger partial charge is 0.378 e. The first-order valence-corrected chi connectivity index (χ1v) is 10.6. The van der Waals surface area contributed by atoms with E-state index in [1.165, 1.54) is 0 Å². The summed E-state index contributed by atoms with van der Waals surface area (Å²) in [5.74, 6) is 0.931. The maximum Gasteiger partial charge on any atom is 0.257 e. The number of carbonyl (C=O) groups excluding carboxylic acids is 2. The van der Waals surface area contributed by atoms with Crippen molar-refractivity contribution in [2.75, 3.05) is 39.4 Å². The van der Waals surface area contributed by atoms with Gasteiger partial charge in [0.25, 0.3) is 5.91 Å². The van der Waals surface area contributed by atoms with E-state index in [0.29, 0.717) is 50.5 Å². The van der Waals surface area contributed by atoms with Crippen LogP contribution in [0.25, 0.3) is 0 Å². The predicted molar refractivity (Wildman–Crippen MR) is 112 cm³/mol. The Balaban J connectivity index is 1.42. The summed E-state index contributed by atoms with van der Waals surface area (Å²) >= 11 is 0. The molecule has 2 fully saturated rings. The lowest BCUT2D eigenvalue weighted by molar-refractivity contribution is -0.131. The Morgan fingerprint density at radius 2 is 1.87 bits per heavy atom. The van der Waals surface area contributed by atoms with Crippen LogP contribution in [0.3, 0.4) is 0 Å². The Bertz CT molecular complexity index is 897. The van der Waals surface area contributed by atoms with Gasteiger partial charge < -0.3 is 14.5 Å². The molecule has 7 nitrogen and oxygen atoms in total. The van der Waals surface area contributed by atoms with Crippen molar-refractivity contribution in [2.45, 2.75) is 32.1 Å². The number of aromatic nitrogens is 2. The van der Waals surface area contributed by atoms with E-state index in [4.69, 9.17) is 4.74 Å². The van der Waals surface area contributed by atoms with Crippen LogP contribution in [0.5, 0.6) is 0 Å². The number of carbonyl (C=O) groups is 2. The lowest BCUT2D eigenvalue weighted by atomic mass is 9.96. The molecule has 0 unspecified atom stereocenters. The summed E-state index contributed by atoms with van der Waals surface area (Å²) in [6.07, 6.45) is 3.95. The van der Waals surface area contributed by atoms with Gasteiger partial charge in [0.1, 0.15) is 5.82 Å². The zero-order valence-electron chi connectivity index (χ0n) is 17.4. The van der Waals surface area contributed by atoms with E-state index >= 15 is 0 Å². The highest BCUT2D eigenvalue weighted by atomic mass is 16.5. The van der Waals surface area contributed by atoms with Gasteiger partial charge in [-0.05, 0) is 25.3 Å². The number of amides is 2. The Morgan fingerprint density at radius 1 is 1.10 bits per heavy atom. The third-order valence-electron chi connectivity index (χ3n) is 5.86. The number of morpholine rings is 1. The molecule has 7 heteroatoms. The smallest absolute Gasteiger partial charge is 0.257 e. The summed E-state index contributed by atoms with van der Waals surface area (Å²) in [5, 5.41) is 0. The minimum atomic E-state index is -0.0364. The maximum atomic E-state index is 12.8. The molecule has 2 aromatic rings. The number of hydrogen-bond acceptors (Lipinski definition) is 5. The summed E-state index contributed by atoms with van der Waals surface area (Å²) in [4.78, 5) is 38.4. The molecular formula is C23H28N4O3. The first-order chi connectivity index (χ1) is 14.6. The lowest BCUT2D eigenvalue weighted by Gasteiger charge is -2.32. The van der Waals surface area contributed by atoms with E-state index in [1.54, 1.807) is 11.1 Å². The molecule has 30 heavy (non-hydrogen) atoms. The van der Waals surface area contributed by atoms with Crippen LogP contribution in [0.2, 0.25) is 0 Å². The molecule has 2 aliphatic heterocycles. The summed E-state index contributed by atoms with van der Waals surface area (Å²) in [7, 11) is 0. The molecule has 0 radical (unpaired) electrons. The molecule has 0 spiro atoms. The molecule has 158 valence electrons. The van der Waals surface area contributed by atoms with Crippen molar-refractivity contribution in [1.29, 1.82) is 0 Å². The van der Waals surface area contributed by atoms with Crippen molar-refractivity contribution < 1.29 is 14.3 Å². The number of rotatable bonds is 4. The second-order valence-electron chi connectivity index (χ2n) is 7.97. The van der Waals surface area contributed by atoms with Gasteiger partial charge in [-0.25, -0.2) is 9.97 Å². The number of likely N-dealkylation sites (tertiary alicyclic amines) is 1. The first kappa shape index (κ1) is 20.5. The molecule has 2 aliphatic rings. The van der Waals surface area contributed by atoms with Crippen molar-refractivity contribution in [1.82, 2.24) is 19.8 Å².